The molecule has 1 saturated carbocycles. The minimum atomic E-state index is 0.269. The second-order valence-electron chi connectivity index (χ2n) is 7.41. The summed E-state index contributed by atoms with van der Waals surface area (Å²) in [6, 6.07) is 0. The normalized spacial score (nSPS) is 31.6. The molecule has 1 rings (SSSR count). The van der Waals surface area contributed by atoms with Crippen molar-refractivity contribution in [3.05, 3.63) is 0 Å². The maximum absolute atomic E-state index is 3.65. The van der Waals surface area contributed by atoms with Crippen LogP contribution in [-0.4, -0.2) is 12.1 Å². The highest BCUT2D eigenvalue weighted by atomic mass is 14.9. The van der Waals surface area contributed by atoms with Gasteiger partial charge in [-0.05, 0) is 63.8 Å². The molecule has 15 heavy (non-hydrogen) atoms. The van der Waals surface area contributed by atoms with Gasteiger partial charge in [-0.25, -0.2) is 0 Å². The largest absolute Gasteiger partial charge is 0.312 e. The van der Waals surface area contributed by atoms with Crippen LogP contribution >= 0.6 is 0 Å². The van der Waals surface area contributed by atoms with Crippen molar-refractivity contribution >= 4 is 0 Å². The van der Waals surface area contributed by atoms with Crippen molar-refractivity contribution in [2.45, 2.75) is 66.3 Å². The lowest BCUT2D eigenvalue weighted by Crippen LogP contribution is -2.41. The molecule has 0 aromatic heterocycles. The van der Waals surface area contributed by atoms with E-state index in [-0.39, 0.29) is 5.54 Å². The van der Waals surface area contributed by atoms with E-state index < -0.39 is 0 Å². The first-order valence-corrected chi connectivity index (χ1v) is 6.43. The Balaban J connectivity index is 2.42. The summed E-state index contributed by atoms with van der Waals surface area (Å²) in [5.74, 6) is 1.78. The Labute approximate surface area is 96.0 Å². The Morgan fingerprint density at radius 1 is 1.20 bits per heavy atom. The van der Waals surface area contributed by atoms with Gasteiger partial charge in [0.05, 0.1) is 0 Å². The molecule has 1 heteroatoms. The number of nitrogens with one attached hydrogen (secondary N) is 1. The summed E-state index contributed by atoms with van der Waals surface area (Å²) in [6.07, 6.45) is 4.20. The molecule has 90 valence electrons. The van der Waals surface area contributed by atoms with Crippen molar-refractivity contribution in [2.24, 2.45) is 17.3 Å². The predicted octanol–water partition coefficient (Wildman–Crippen LogP) is 3.84. The SMILES string of the molecule is CC1CC(CNC(C)(C)C)CC(C)(C)C1. The van der Waals surface area contributed by atoms with Crippen molar-refractivity contribution in [3.63, 3.8) is 0 Å². The summed E-state index contributed by atoms with van der Waals surface area (Å²) in [6.45, 7) is 15.2. The van der Waals surface area contributed by atoms with Gasteiger partial charge < -0.3 is 5.32 Å². The van der Waals surface area contributed by atoms with Crippen molar-refractivity contribution in [1.82, 2.24) is 5.32 Å². The van der Waals surface area contributed by atoms with Crippen LogP contribution in [0.3, 0.4) is 0 Å². The second-order valence-corrected chi connectivity index (χ2v) is 7.41. The van der Waals surface area contributed by atoms with E-state index in [0.717, 1.165) is 11.8 Å². The Hall–Kier alpha value is -0.0400. The molecule has 0 heterocycles. The van der Waals surface area contributed by atoms with Crippen LogP contribution in [0, 0.1) is 17.3 Å². The maximum atomic E-state index is 3.65. The summed E-state index contributed by atoms with van der Waals surface area (Å²) in [5, 5.41) is 3.65. The molecule has 1 aliphatic rings. The van der Waals surface area contributed by atoms with Crippen LogP contribution < -0.4 is 5.32 Å². The van der Waals surface area contributed by atoms with Crippen LogP contribution in [0.2, 0.25) is 0 Å². The van der Waals surface area contributed by atoms with Crippen molar-refractivity contribution in [3.8, 4) is 0 Å². The van der Waals surface area contributed by atoms with Gasteiger partial charge in [-0.15, -0.1) is 0 Å². The maximum Gasteiger partial charge on any atom is 0.00966 e. The fourth-order valence-electron chi connectivity index (χ4n) is 3.15. The summed E-state index contributed by atoms with van der Waals surface area (Å²) in [7, 11) is 0. The van der Waals surface area contributed by atoms with Gasteiger partial charge in [0.2, 0.25) is 0 Å². The summed E-state index contributed by atoms with van der Waals surface area (Å²) in [4.78, 5) is 0. The molecule has 0 aliphatic heterocycles. The van der Waals surface area contributed by atoms with E-state index >= 15 is 0 Å². The molecule has 0 spiro atoms. The third kappa shape index (κ3) is 5.01. The van der Waals surface area contributed by atoms with Crippen molar-refractivity contribution in [1.29, 1.82) is 0 Å². The molecule has 0 aromatic carbocycles. The van der Waals surface area contributed by atoms with Gasteiger partial charge in [0, 0.05) is 5.54 Å². The van der Waals surface area contributed by atoms with E-state index in [9.17, 15) is 0 Å². The molecule has 1 aliphatic carbocycles. The standard InChI is InChI=1S/C14H29N/c1-11-7-12(9-14(5,6)8-11)10-15-13(2,3)4/h11-12,15H,7-10H2,1-6H3. The van der Waals surface area contributed by atoms with E-state index in [1.807, 2.05) is 0 Å². The second kappa shape index (κ2) is 4.45. The Kier molecular flexibility index (Phi) is 3.86. The molecule has 1 nitrogen and oxygen atoms in total. The molecule has 0 bridgehead atoms. The zero-order valence-electron chi connectivity index (χ0n) is 11.5. The van der Waals surface area contributed by atoms with Crippen LogP contribution in [0.4, 0.5) is 0 Å². The fraction of sp³-hybridized carbons (Fsp3) is 1.00. The molecule has 0 amide bonds. The quantitative estimate of drug-likeness (QED) is 0.732. The van der Waals surface area contributed by atoms with Gasteiger partial charge in [0.1, 0.15) is 0 Å². The van der Waals surface area contributed by atoms with Crippen LogP contribution in [0.15, 0.2) is 0 Å². The van der Waals surface area contributed by atoms with Gasteiger partial charge in [-0.1, -0.05) is 20.8 Å². The average Bonchev–Trinajstić information content (AvgIpc) is 1.95. The fourth-order valence-corrected chi connectivity index (χ4v) is 3.15. The highest BCUT2D eigenvalue weighted by molar-refractivity contribution is 4.85. The van der Waals surface area contributed by atoms with Gasteiger partial charge in [0.25, 0.3) is 0 Å². The molecular formula is C14H29N. The third-order valence-electron chi connectivity index (χ3n) is 3.40. The van der Waals surface area contributed by atoms with E-state index in [2.05, 4.69) is 46.9 Å². The average molecular weight is 211 g/mol. The first-order chi connectivity index (χ1) is 6.68. The monoisotopic (exact) mass is 211 g/mol. The molecule has 0 aromatic rings. The zero-order chi connectivity index (χ0) is 11.7. The topological polar surface area (TPSA) is 12.0 Å². The van der Waals surface area contributed by atoms with E-state index in [0.29, 0.717) is 5.41 Å². The van der Waals surface area contributed by atoms with Crippen LogP contribution in [0.1, 0.15) is 60.8 Å². The Morgan fingerprint density at radius 2 is 1.80 bits per heavy atom. The molecule has 2 unspecified atom stereocenters. The molecule has 0 saturated heterocycles. The lowest BCUT2D eigenvalue weighted by atomic mass is 9.68. The summed E-state index contributed by atoms with van der Waals surface area (Å²) < 4.78 is 0. The van der Waals surface area contributed by atoms with Crippen molar-refractivity contribution < 1.29 is 0 Å². The number of hydrogen-bond donors (Lipinski definition) is 1. The number of hydrogen-bond acceptors (Lipinski definition) is 1. The van der Waals surface area contributed by atoms with Gasteiger partial charge in [0.15, 0.2) is 0 Å². The Bertz CT molecular complexity index is 200. The predicted molar refractivity (Wildman–Crippen MR) is 68.0 cm³/mol. The molecule has 1 N–H and O–H groups in total. The Morgan fingerprint density at radius 3 is 2.27 bits per heavy atom. The van der Waals surface area contributed by atoms with Gasteiger partial charge in [-0.3, -0.25) is 0 Å². The summed E-state index contributed by atoms with van der Waals surface area (Å²) >= 11 is 0. The summed E-state index contributed by atoms with van der Waals surface area (Å²) in [5.41, 5.74) is 0.826. The van der Waals surface area contributed by atoms with Gasteiger partial charge in [-0.2, -0.15) is 0 Å². The highest BCUT2D eigenvalue weighted by Crippen LogP contribution is 2.41. The number of rotatable bonds is 2. The molecule has 2 atom stereocenters. The zero-order valence-corrected chi connectivity index (χ0v) is 11.5. The molecular weight excluding hydrogens is 182 g/mol. The van der Waals surface area contributed by atoms with E-state index in [1.165, 1.54) is 25.8 Å². The van der Waals surface area contributed by atoms with Gasteiger partial charge >= 0.3 is 0 Å². The molecule has 0 radical (unpaired) electrons. The van der Waals surface area contributed by atoms with Crippen LogP contribution in [0.5, 0.6) is 0 Å². The minimum absolute atomic E-state index is 0.269. The van der Waals surface area contributed by atoms with E-state index in [4.69, 9.17) is 0 Å². The molecule has 1 fully saturated rings. The van der Waals surface area contributed by atoms with Crippen LogP contribution in [-0.2, 0) is 0 Å². The van der Waals surface area contributed by atoms with Crippen LogP contribution in [0.25, 0.3) is 0 Å². The minimum Gasteiger partial charge on any atom is -0.312 e. The lowest BCUT2D eigenvalue weighted by Gasteiger charge is -2.40. The van der Waals surface area contributed by atoms with Crippen molar-refractivity contribution in [2.75, 3.05) is 6.54 Å². The highest BCUT2D eigenvalue weighted by Gasteiger charge is 2.32. The lowest BCUT2D eigenvalue weighted by molar-refractivity contribution is 0.127. The first kappa shape index (κ1) is 13.0. The first-order valence-electron chi connectivity index (χ1n) is 6.43. The third-order valence-corrected chi connectivity index (χ3v) is 3.40. The smallest absolute Gasteiger partial charge is 0.00966 e. The van der Waals surface area contributed by atoms with E-state index in [1.54, 1.807) is 0 Å².